The number of esters is 1. The SMILES string of the molecule is COC(=O)C1CC(O)CN1S(=O)(=O)CC1CC1. The van der Waals surface area contributed by atoms with Crippen LogP contribution in [0.15, 0.2) is 0 Å². The lowest BCUT2D eigenvalue weighted by atomic mass is 10.2. The minimum atomic E-state index is -3.46. The van der Waals surface area contributed by atoms with Crippen LogP contribution in [-0.2, 0) is 19.6 Å². The minimum absolute atomic E-state index is 0.00514. The summed E-state index contributed by atoms with van der Waals surface area (Å²) in [6, 6.07) is -0.862. The van der Waals surface area contributed by atoms with E-state index in [1.54, 1.807) is 0 Å². The van der Waals surface area contributed by atoms with Gasteiger partial charge < -0.3 is 9.84 Å². The molecule has 2 atom stereocenters. The second-order valence-corrected chi connectivity index (χ2v) is 6.69. The van der Waals surface area contributed by atoms with Crippen LogP contribution in [0.5, 0.6) is 0 Å². The molecule has 0 bridgehead atoms. The number of rotatable bonds is 4. The molecule has 2 aliphatic rings. The average molecular weight is 263 g/mol. The molecule has 2 rings (SSSR count). The van der Waals surface area contributed by atoms with Crippen molar-refractivity contribution in [2.45, 2.75) is 31.4 Å². The summed E-state index contributed by atoms with van der Waals surface area (Å²) >= 11 is 0. The van der Waals surface area contributed by atoms with E-state index in [0.29, 0.717) is 0 Å². The number of sulfonamides is 1. The van der Waals surface area contributed by atoms with Gasteiger partial charge in [0.05, 0.1) is 19.0 Å². The molecule has 1 saturated carbocycles. The molecule has 1 heterocycles. The van der Waals surface area contributed by atoms with Gasteiger partial charge in [-0.2, -0.15) is 4.31 Å². The Balaban J connectivity index is 2.13. The maximum absolute atomic E-state index is 12.1. The lowest BCUT2D eigenvalue weighted by Gasteiger charge is -2.21. The fourth-order valence-corrected chi connectivity index (χ4v) is 4.20. The Morgan fingerprint density at radius 3 is 2.65 bits per heavy atom. The van der Waals surface area contributed by atoms with Crippen molar-refractivity contribution in [1.29, 1.82) is 0 Å². The van der Waals surface area contributed by atoms with Gasteiger partial charge in [0.15, 0.2) is 0 Å². The Morgan fingerprint density at radius 2 is 2.12 bits per heavy atom. The lowest BCUT2D eigenvalue weighted by molar-refractivity contribution is -0.144. The molecular formula is C10H17NO5S. The fourth-order valence-electron chi connectivity index (χ4n) is 2.12. The van der Waals surface area contributed by atoms with Crippen LogP contribution in [0.3, 0.4) is 0 Å². The lowest BCUT2D eigenvalue weighted by Crippen LogP contribution is -2.42. The number of carbonyl (C=O) groups is 1. The van der Waals surface area contributed by atoms with Crippen molar-refractivity contribution in [3.63, 3.8) is 0 Å². The van der Waals surface area contributed by atoms with Gasteiger partial charge in [0.2, 0.25) is 10.0 Å². The van der Waals surface area contributed by atoms with Crippen LogP contribution in [0.1, 0.15) is 19.3 Å². The summed E-state index contributed by atoms with van der Waals surface area (Å²) in [4.78, 5) is 11.5. The number of aliphatic hydroxyl groups is 1. The Hall–Kier alpha value is -0.660. The van der Waals surface area contributed by atoms with Crippen LogP contribution < -0.4 is 0 Å². The van der Waals surface area contributed by atoms with Crippen LogP contribution in [0.2, 0.25) is 0 Å². The van der Waals surface area contributed by atoms with E-state index in [1.165, 1.54) is 7.11 Å². The minimum Gasteiger partial charge on any atom is -0.468 e. The predicted octanol–water partition coefficient (Wildman–Crippen LogP) is -0.666. The van der Waals surface area contributed by atoms with Crippen LogP contribution in [-0.4, -0.2) is 55.4 Å². The zero-order valence-electron chi connectivity index (χ0n) is 9.70. The number of methoxy groups -OCH3 is 1. The fraction of sp³-hybridized carbons (Fsp3) is 0.900. The van der Waals surface area contributed by atoms with E-state index in [2.05, 4.69) is 4.74 Å². The topological polar surface area (TPSA) is 83.9 Å². The molecule has 2 unspecified atom stereocenters. The zero-order chi connectivity index (χ0) is 12.6. The highest BCUT2D eigenvalue weighted by atomic mass is 32.2. The summed E-state index contributed by atoms with van der Waals surface area (Å²) in [6.07, 6.45) is 1.20. The number of carbonyl (C=O) groups excluding carboxylic acids is 1. The molecule has 0 amide bonds. The first-order chi connectivity index (χ1) is 7.94. The normalized spacial score (nSPS) is 30.5. The largest absolute Gasteiger partial charge is 0.468 e. The third kappa shape index (κ3) is 2.78. The Kier molecular flexibility index (Phi) is 3.42. The quantitative estimate of drug-likeness (QED) is 0.680. The van der Waals surface area contributed by atoms with Crippen molar-refractivity contribution >= 4 is 16.0 Å². The average Bonchev–Trinajstić information content (AvgIpc) is 2.96. The molecule has 6 nitrogen and oxygen atoms in total. The highest BCUT2D eigenvalue weighted by Gasteiger charge is 2.44. The van der Waals surface area contributed by atoms with Gasteiger partial charge in [-0.05, 0) is 18.8 Å². The molecule has 1 aliphatic heterocycles. The molecule has 2 fully saturated rings. The van der Waals surface area contributed by atoms with Crippen molar-refractivity contribution < 1.29 is 23.1 Å². The van der Waals surface area contributed by atoms with Crippen molar-refractivity contribution in [3.05, 3.63) is 0 Å². The zero-order valence-corrected chi connectivity index (χ0v) is 10.5. The number of hydrogen-bond donors (Lipinski definition) is 1. The van der Waals surface area contributed by atoms with Gasteiger partial charge in [-0.25, -0.2) is 8.42 Å². The summed E-state index contributed by atoms with van der Waals surface area (Å²) < 4.78 is 29.8. The number of hydrogen-bond acceptors (Lipinski definition) is 5. The van der Waals surface area contributed by atoms with E-state index >= 15 is 0 Å². The van der Waals surface area contributed by atoms with Crippen LogP contribution in [0.25, 0.3) is 0 Å². The summed E-state index contributed by atoms with van der Waals surface area (Å²) in [5.74, 6) is -0.301. The smallest absolute Gasteiger partial charge is 0.324 e. The van der Waals surface area contributed by atoms with E-state index < -0.39 is 28.1 Å². The summed E-state index contributed by atoms with van der Waals surface area (Å²) in [5, 5.41) is 9.51. The first-order valence-corrected chi connectivity index (χ1v) is 7.30. The molecule has 7 heteroatoms. The maximum Gasteiger partial charge on any atom is 0.324 e. The maximum atomic E-state index is 12.1. The van der Waals surface area contributed by atoms with Crippen molar-refractivity contribution in [3.8, 4) is 0 Å². The summed E-state index contributed by atoms with van der Waals surface area (Å²) in [7, 11) is -2.24. The summed E-state index contributed by atoms with van der Waals surface area (Å²) in [5.41, 5.74) is 0. The molecule has 0 aromatic rings. The molecule has 98 valence electrons. The first kappa shape index (κ1) is 12.8. The van der Waals surface area contributed by atoms with Crippen molar-refractivity contribution in [2.24, 2.45) is 5.92 Å². The molecular weight excluding hydrogens is 246 g/mol. The second-order valence-electron chi connectivity index (χ2n) is 4.72. The van der Waals surface area contributed by atoms with E-state index in [-0.39, 0.29) is 24.6 Å². The second kappa shape index (κ2) is 4.55. The van der Waals surface area contributed by atoms with Gasteiger partial charge in [-0.15, -0.1) is 0 Å². The highest BCUT2D eigenvalue weighted by Crippen LogP contribution is 2.33. The predicted molar refractivity (Wildman–Crippen MR) is 59.6 cm³/mol. The third-order valence-electron chi connectivity index (χ3n) is 3.21. The third-order valence-corrected chi connectivity index (χ3v) is 5.22. The molecule has 1 aliphatic carbocycles. The number of nitrogens with zero attached hydrogens (tertiary/aromatic N) is 1. The molecule has 0 aromatic carbocycles. The number of β-amino-alcohol motifs (C(OH)–C–C–N with tert-alkyl or cyclic N) is 1. The van der Waals surface area contributed by atoms with Gasteiger partial charge >= 0.3 is 5.97 Å². The van der Waals surface area contributed by atoms with E-state index in [0.717, 1.165) is 17.1 Å². The number of aliphatic hydroxyl groups excluding tert-OH is 1. The van der Waals surface area contributed by atoms with E-state index in [4.69, 9.17) is 0 Å². The summed E-state index contributed by atoms with van der Waals surface area (Å²) in [6.45, 7) is -0.00514. The molecule has 17 heavy (non-hydrogen) atoms. The van der Waals surface area contributed by atoms with Gasteiger partial charge in [-0.1, -0.05) is 0 Å². The molecule has 0 aromatic heterocycles. The molecule has 0 spiro atoms. The van der Waals surface area contributed by atoms with Crippen molar-refractivity contribution in [1.82, 2.24) is 4.31 Å². The van der Waals surface area contributed by atoms with Gasteiger partial charge in [0.25, 0.3) is 0 Å². The molecule has 0 radical (unpaired) electrons. The Bertz CT molecular complexity index is 403. The standard InChI is InChI=1S/C10H17NO5S/c1-16-10(13)9-4-8(12)5-11(9)17(14,15)6-7-2-3-7/h7-9,12H,2-6H2,1H3. The number of ether oxygens (including phenoxy) is 1. The molecule has 1 saturated heterocycles. The van der Waals surface area contributed by atoms with E-state index in [1.807, 2.05) is 0 Å². The Labute approximate surface area is 101 Å². The van der Waals surface area contributed by atoms with Crippen LogP contribution >= 0.6 is 0 Å². The van der Waals surface area contributed by atoms with Gasteiger partial charge in [0.1, 0.15) is 6.04 Å². The van der Waals surface area contributed by atoms with Crippen LogP contribution in [0.4, 0.5) is 0 Å². The monoisotopic (exact) mass is 263 g/mol. The van der Waals surface area contributed by atoms with Crippen LogP contribution in [0, 0.1) is 5.92 Å². The van der Waals surface area contributed by atoms with Crippen molar-refractivity contribution in [2.75, 3.05) is 19.4 Å². The Morgan fingerprint density at radius 1 is 1.47 bits per heavy atom. The first-order valence-electron chi connectivity index (χ1n) is 5.69. The van der Waals surface area contributed by atoms with E-state index in [9.17, 15) is 18.3 Å². The van der Waals surface area contributed by atoms with Gasteiger partial charge in [0, 0.05) is 13.0 Å². The highest BCUT2D eigenvalue weighted by molar-refractivity contribution is 7.89. The molecule has 1 N–H and O–H groups in total. The van der Waals surface area contributed by atoms with Gasteiger partial charge in [-0.3, -0.25) is 4.79 Å².